The van der Waals surface area contributed by atoms with Crippen LogP contribution in [0.15, 0.2) is 18.2 Å². The summed E-state index contributed by atoms with van der Waals surface area (Å²) in [4.78, 5) is 25.4. The van der Waals surface area contributed by atoms with Crippen molar-refractivity contribution < 1.29 is 14.3 Å². The third-order valence-corrected chi connectivity index (χ3v) is 3.38. The fourth-order valence-electron chi connectivity index (χ4n) is 2.14. The minimum Gasteiger partial charge on any atom is -0.452 e. The van der Waals surface area contributed by atoms with Crippen molar-refractivity contribution in [3.8, 4) is 0 Å². The minimum absolute atomic E-state index is 0.132. The SMILES string of the molecule is Cc1c(N)cccc1C(=O)OCC(=O)N1CCCC1. The predicted octanol–water partition coefficient (Wildman–Crippen LogP) is 1.36. The monoisotopic (exact) mass is 262 g/mol. The summed E-state index contributed by atoms with van der Waals surface area (Å²) >= 11 is 0. The number of rotatable bonds is 3. The molecule has 1 saturated heterocycles. The Morgan fingerprint density at radius 3 is 2.68 bits per heavy atom. The zero-order valence-corrected chi connectivity index (χ0v) is 11.0. The molecule has 2 rings (SSSR count). The Bertz CT molecular complexity index is 493. The molecule has 19 heavy (non-hydrogen) atoms. The second kappa shape index (κ2) is 5.73. The number of nitrogens with zero attached hydrogens (tertiary/aromatic N) is 1. The van der Waals surface area contributed by atoms with Gasteiger partial charge in [-0.3, -0.25) is 4.79 Å². The molecular weight excluding hydrogens is 244 g/mol. The van der Waals surface area contributed by atoms with Crippen LogP contribution in [0.1, 0.15) is 28.8 Å². The maximum absolute atomic E-state index is 11.9. The van der Waals surface area contributed by atoms with Crippen molar-refractivity contribution in [1.82, 2.24) is 4.90 Å². The number of hydrogen-bond donors (Lipinski definition) is 1. The van der Waals surface area contributed by atoms with Gasteiger partial charge in [-0.2, -0.15) is 0 Å². The normalized spacial score (nSPS) is 14.5. The van der Waals surface area contributed by atoms with E-state index in [9.17, 15) is 9.59 Å². The van der Waals surface area contributed by atoms with Crippen molar-refractivity contribution in [1.29, 1.82) is 0 Å². The van der Waals surface area contributed by atoms with Gasteiger partial charge in [-0.25, -0.2) is 4.79 Å². The first-order chi connectivity index (χ1) is 9.09. The molecule has 1 aliphatic rings. The van der Waals surface area contributed by atoms with Gasteiger partial charge in [0.2, 0.25) is 0 Å². The van der Waals surface area contributed by atoms with Crippen molar-refractivity contribution in [2.24, 2.45) is 0 Å². The quantitative estimate of drug-likeness (QED) is 0.659. The Morgan fingerprint density at radius 2 is 2.00 bits per heavy atom. The summed E-state index contributed by atoms with van der Waals surface area (Å²) in [6.45, 7) is 3.07. The Kier molecular flexibility index (Phi) is 4.04. The Morgan fingerprint density at radius 1 is 1.32 bits per heavy atom. The molecule has 2 N–H and O–H groups in total. The largest absolute Gasteiger partial charge is 0.452 e. The molecule has 0 aliphatic carbocycles. The van der Waals surface area contributed by atoms with Crippen LogP contribution in [-0.4, -0.2) is 36.5 Å². The first-order valence-corrected chi connectivity index (χ1v) is 6.39. The number of amides is 1. The van der Waals surface area contributed by atoms with Gasteiger partial charge in [-0.05, 0) is 37.5 Å². The number of carbonyl (C=O) groups is 2. The number of carbonyl (C=O) groups excluding carboxylic acids is 2. The van der Waals surface area contributed by atoms with Gasteiger partial charge in [0.15, 0.2) is 6.61 Å². The number of ether oxygens (including phenoxy) is 1. The lowest BCUT2D eigenvalue weighted by molar-refractivity contribution is -0.133. The number of likely N-dealkylation sites (tertiary alicyclic amines) is 1. The van der Waals surface area contributed by atoms with Crippen molar-refractivity contribution >= 4 is 17.6 Å². The molecule has 0 aromatic heterocycles. The average molecular weight is 262 g/mol. The van der Waals surface area contributed by atoms with E-state index in [1.165, 1.54) is 0 Å². The Balaban J connectivity index is 1.94. The van der Waals surface area contributed by atoms with Crippen LogP contribution < -0.4 is 5.73 Å². The minimum atomic E-state index is -0.502. The van der Waals surface area contributed by atoms with Gasteiger partial charge in [-0.15, -0.1) is 0 Å². The lowest BCUT2D eigenvalue weighted by Gasteiger charge is -2.15. The van der Waals surface area contributed by atoms with E-state index in [0.717, 1.165) is 25.9 Å². The summed E-state index contributed by atoms with van der Waals surface area (Å²) in [6.07, 6.45) is 2.04. The van der Waals surface area contributed by atoms with Crippen LogP contribution in [0, 0.1) is 6.92 Å². The second-order valence-electron chi connectivity index (χ2n) is 4.68. The van der Waals surface area contributed by atoms with E-state index < -0.39 is 5.97 Å². The molecule has 1 fully saturated rings. The van der Waals surface area contributed by atoms with Gasteiger partial charge in [0.05, 0.1) is 5.56 Å². The molecule has 102 valence electrons. The summed E-state index contributed by atoms with van der Waals surface area (Å²) in [6, 6.07) is 5.07. The number of nitrogens with two attached hydrogens (primary N) is 1. The molecule has 5 heteroatoms. The van der Waals surface area contributed by atoms with Crippen LogP contribution in [0.4, 0.5) is 5.69 Å². The van der Waals surface area contributed by atoms with Crippen molar-refractivity contribution in [3.63, 3.8) is 0 Å². The van der Waals surface area contributed by atoms with Gasteiger partial charge in [0.1, 0.15) is 0 Å². The summed E-state index contributed by atoms with van der Waals surface area (Å²) in [7, 11) is 0. The van der Waals surface area contributed by atoms with Crippen LogP contribution >= 0.6 is 0 Å². The zero-order valence-electron chi connectivity index (χ0n) is 11.0. The third-order valence-electron chi connectivity index (χ3n) is 3.38. The molecule has 5 nitrogen and oxygen atoms in total. The highest BCUT2D eigenvalue weighted by molar-refractivity contribution is 5.94. The summed E-state index contributed by atoms with van der Waals surface area (Å²) in [5.41, 5.74) is 7.37. The first kappa shape index (κ1) is 13.4. The molecule has 0 spiro atoms. The summed E-state index contributed by atoms with van der Waals surface area (Å²) in [5, 5.41) is 0. The molecule has 1 aromatic rings. The van der Waals surface area contributed by atoms with E-state index in [2.05, 4.69) is 0 Å². The van der Waals surface area contributed by atoms with E-state index >= 15 is 0 Å². The average Bonchev–Trinajstić information content (AvgIpc) is 2.93. The number of hydrogen-bond acceptors (Lipinski definition) is 4. The van der Waals surface area contributed by atoms with Crippen molar-refractivity contribution in [2.75, 3.05) is 25.4 Å². The molecule has 0 bridgehead atoms. The molecular formula is C14H18N2O3. The summed E-state index contributed by atoms with van der Waals surface area (Å²) < 4.78 is 5.05. The Labute approximate surface area is 112 Å². The molecule has 1 amide bonds. The third kappa shape index (κ3) is 3.05. The first-order valence-electron chi connectivity index (χ1n) is 6.39. The fourth-order valence-corrected chi connectivity index (χ4v) is 2.14. The van der Waals surface area contributed by atoms with Gasteiger partial charge in [0.25, 0.3) is 5.91 Å². The smallest absolute Gasteiger partial charge is 0.338 e. The second-order valence-corrected chi connectivity index (χ2v) is 4.68. The van der Waals surface area contributed by atoms with Gasteiger partial charge in [-0.1, -0.05) is 6.07 Å². The van der Waals surface area contributed by atoms with Crippen molar-refractivity contribution in [2.45, 2.75) is 19.8 Å². The maximum Gasteiger partial charge on any atom is 0.338 e. The number of esters is 1. The van der Waals surface area contributed by atoms with Crippen molar-refractivity contribution in [3.05, 3.63) is 29.3 Å². The van der Waals surface area contributed by atoms with Crippen LogP contribution in [-0.2, 0) is 9.53 Å². The molecule has 1 heterocycles. The number of anilines is 1. The fraction of sp³-hybridized carbons (Fsp3) is 0.429. The van der Waals surface area contributed by atoms with Crippen LogP contribution in [0.2, 0.25) is 0 Å². The molecule has 0 unspecified atom stereocenters. The van der Waals surface area contributed by atoms with Crippen LogP contribution in [0.25, 0.3) is 0 Å². The Hall–Kier alpha value is -2.04. The van der Waals surface area contributed by atoms with Gasteiger partial charge >= 0.3 is 5.97 Å². The highest BCUT2D eigenvalue weighted by Crippen LogP contribution is 2.16. The lowest BCUT2D eigenvalue weighted by atomic mass is 10.1. The standard InChI is InChI=1S/C14H18N2O3/c1-10-11(5-4-6-12(10)15)14(18)19-9-13(17)16-7-2-3-8-16/h4-6H,2-3,7-9,15H2,1H3. The van der Waals surface area contributed by atoms with E-state index in [-0.39, 0.29) is 12.5 Å². The lowest BCUT2D eigenvalue weighted by Crippen LogP contribution is -2.32. The van der Waals surface area contributed by atoms with E-state index in [1.54, 1.807) is 30.0 Å². The topological polar surface area (TPSA) is 72.6 Å². The zero-order chi connectivity index (χ0) is 13.8. The molecule has 0 saturated carbocycles. The van der Waals surface area contributed by atoms with E-state index in [0.29, 0.717) is 16.8 Å². The van der Waals surface area contributed by atoms with Gasteiger partial charge in [0, 0.05) is 18.8 Å². The highest BCUT2D eigenvalue weighted by Gasteiger charge is 2.20. The van der Waals surface area contributed by atoms with Crippen LogP contribution in [0.5, 0.6) is 0 Å². The molecule has 1 aliphatic heterocycles. The number of nitrogen functional groups attached to an aromatic ring is 1. The van der Waals surface area contributed by atoms with E-state index in [1.807, 2.05) is 0 Å². The molecule has 0 radical (unpaired) electrons. The van der Waals surface area contributed by atoms with Gasteiger partial charge < -0.3 is 15.4 Å². The predicted molar refractivity (Wildman–Crippen MR) is 71.7 cm³/mol. The number of benzene rings is 1. The molecule has 0 atom stereocenters. The maximum atomic E-state index is 11.9. The van der Waals surface area contributed by atoms with Crippen LogP contribution in [0.3, 0.4) is 0 Å². The van der Waals surface area contributed by atoms with E-state index in [4.69, 9.17) is 10.5 Å². The molecule has 1 aromatic carbocycles. The summed E-state index contributed by atoms with van der Waals surface area (Å²) in [5.74, 6) is -0.634. The highest BCUT2D eigenvalue weighted by atomic mass is 16.5.